The molecule has 2 bridgehead atoms. The van der Waals surface area contributed by atoms with E-state index >= 15 is 0 Å². The summed E-state index contributed by atoms with van der Waals surface area (Å²) in [6.45, 7) is 4.75. The Labute approximate surface area is 223 Å². The van der Waals surface area contributed by atoms with Crippen LogP contribution in [0.2, 0.25) is 0 Å². The molecule has 1 saturated carbocycles. The van der Waals surface area contributed by atoms with Crippen molar-refractivity contribution in [2.45, 2.75) is 82.0 Å². The number of anilines is 1. The van der Waals surface area contributed by atoms with Crippen LogP contribution in [0.25, 0.3) is 22.5 Å². The first-order chi connectivity index (χ1) is 18.3. The first-order valence-electron chi connectivity index (χ1n) is 13.5. The average Bonchev–Trinajstić information content (AvgIpc) is 3.73. The number of methoxy groups -OCH3 is 2. The molecule has 9 heteroatoms. The van der Waals surface area contributed by atoms with Crippen molar-refractivity contribution in [3.63, 3.8) is 0 Å². The molecule has 0 amide bonds. The van der Waals surface area contributed by atoms with E-state index in [1.807, 2.05) is 24.4 Å². The minimum absolute atomic E-state index is 0.0814. The second kappa shape index (κ2) is 9.38. The van der Waals surface area contributed by atoms with Crippen LogP contribution in [0.1, 0.15) is 58.8 Å². The average molecular weight is 517 g/mol. The molecule has 9 nitrogen and oxygen atoms in total. The van der Waals surface area contributed by atoms with Gasteiger partial charge in [-0.2, -0.15) is 0 Å². The fraction of sp³-hybridized carbons (Fsp3) is 0.517. The molecule has 3 aromatic rings. The Bertz CT molecular complexity index is 1310. The zero-order valence-electron chi connectivity index (χ0n) is 22.6. The Hall–Kier alpha value is -3.46. The van der Waals surface area contributed by atoms with Crippen molar-refractivity contribution >= 4 is 5.82 Å². The highest BCUT2D eigenvalue weighted by Crippen LogP contribution is 2.45. The maximum Gasteiger partial charge on any atom is 0.256 e. The summed E-state index contributed by atoms with van der Waals surface area (Å²) >= 11 is 0. The SMILES string of the molecule is COc1cc(-c2ccc(-c3ncc(N(C4CC4)C4C[C@]5(C)CCC[C@](C)(C4)N5)nn3)c(O)c2)cnc1OC. The van der Waals surface area contributed by atoms with Crippen molar-refractivity contribution < 1.29 is 14.6 Å². The molecular formula is C29H36N6O3. The number of rotatable bonds is 7. The highest BCUT2D eigenvalue weighted by Gasteiger charge is 2.49. The van der Waals surface area contributed by atoms with Gasteiger partial charge in [-0.15, -0.1) is 10.2 Å². The normalized spacial score (nSPS) is 26.6. The lowest BCUT2D eigenvalue weighted by molar-refractivity contribution is 0.0766. The molecule has 1 aliphatic carbocycles. The first-order valence-corrected chi connectivity index (χ1v) is 13.5. The minimum Gasteiger partial charge on any atom is -0.507 e. The predicted octanol–water partition coefficient (Wildman–Crippen LogP) is 4.75. The van der Waals surface area contributed by atoms with E-state index in [9.17, 15) is 5.11 Å². The lowest BCUT2D eigenvalue weighted by Crippen LogP contribution is -2.67. The van der Waals surface area contributed by atoms with E-state index in [0.717, 1.165) is 29.8 Å². The van der Waals surface area contributed by atoms with Gasteiger partial charge in [0.25, 0.3) is 5.88 Å². The van der Waals surface area contributed by atoms with Crippen molar-refractivity contribution in [3.8, 4) is 39.9 Å². The Kier molecular flexibility index (Phi) is 6.13. The second-order valence-corrected chi connectivity index (χ2v) is 11.6. The molecule has 0 spiro atoms. The Morgan fingerprint density at radius 3 is 2.29 bits per heavy atom. The quantitative estimate of drug-likeness (QED) is 0.460. The van der Waals surface area contributed by atoms with E-state index in [0.29, 0.717) is 35.1 Å². The van der Waals surface area contributed by atoms with E-state index in [1.54, 1.807) is 26.5 Å². The summed E-state index contributed by atoms with van der Waals surface area (Å²) < 4.78 is 10.6. The highest BCUT2D eigenvalue weighted by molar-refractivity contribution is 5.73. The molecule has 2 aliphatic heterocycles. The summed E-state index contributed by atoms with van der Waals surface area (Å²) in [5, 5.41) is 23.9. The standard InChI is InChI=1S/C29H36N6O3/c1-28-10-5-11-29(2,34-28)15-21(14-28)35(20-7-8-20)25-17-30-26(33-32-25)22-9-6-18(12-23(22)36)19-13-24(37-3)27(38-4)31-16-19/h6,9,12-13,16-17,20-21,34,36H,5,7-8,10-11,14-15H2,1-4H3/t21?,28-,29+. The monoisotopic (exact) mass is 516 g/mol. The molecule has 1 aromatic carbocycles. The van der Waals surface area contributed by atoms with Gasteiger partial charge in [-0.3, -0.25) is 0 Å². The van der Waals surface area contributed by atoms with Crippen LogP contribution in [-0.2, 0) is 0 Å². The maximum atomic E-state index is 10.9. The van der Waals surface area contributed by atoms with E-state index in [2.05, 4.69) is 44.2 Å². The summed E-state index contributed by atoms with van der Waals surface area (Å²) in [5.74, 6) is 2.25. The third-order valence-electron chi connectivity index (χ3n) is 8.38. The van der Waals surface area contributed by atoms with E-state index in [1.165, 1.54) is 32.1 Å². The number of pyridine rings is 1. The van der Waals surface area contributed by atoms with Crippen molar-refractivity contribution in [3.05, 3.63) is 36.7 Å². The van der Waals surface area contributed by atoms with Gasteiger partial charge in [-0.1, -0.05) is 6.07 Å². The van der Waals surface area contributed by atoms with Gasteiger partial charge < -0.3 is 24.8 Å². The fourth-order valence-electron chi connectivity index (χ4n) is 6.66. The molecule has 3 atom stereocenters. The van der Waals surface area contributed by atoms with Crippen LogP contribution in [0.4, 0.5) is 5.82 Å². The van der Waals surface area contributed by atoms with Crippen LogP contribution in [0.3, 0.4) is 0 Å². The predicted molar refractivity (Wildman–Crippen MR) is 146 cm³/mol. The van der Waals surface area contributed by atoms with Crippen LogP contribution >= 0.6 is 0 Å². The highest BCUT2D eigenvalue weighted by atomic mass is 16.5. The Morgan fingerprint density at radius 1 is 0.921 bits per heavy atom. The number of hydrogen-bond acceptors (Lipinski definition) is 9. The molecule has 0 radical (unpaired) electrons. The number of benzene rings is 1. The summed E-state index contributed by atoms with van der Waals surface area (Å²) in [4.78, 5) is 11.4. The van der Waals surface area contributed by atoms with Crippen LogP contribution < -0.4 is 19.7 Å². The lowest BCUT2D eigenvalue weighted by Gasteiger charge is -2.55. The third-order valence-corrected chi connectivity index (χ3v) is 8.38. The third kappa shape index (κ3) is 4.64. The number of nitrogens with one attached hydrogen (secondary N) is 1. The lowest BCUT2D eigenvalue weighted by atomic mass is 9.69. The number of nitrogens with zero attached hydrogens (tertiary/aromatic N) is 5. The number of phenols is 1. The van der Waals surface area contributed by atoms with Gasteiger partial charge in [0.05, 0.1) is 26.0 Å². The van der Waals surface area contributed by atoms with Gasteiger partial charge >= 0.3 is 0 Å². The van der Waals surface area contributed by atoms with Crippen molar-refractivity contribution in [2.24, 2.45) is 0 Å². The largest absolute Gasteiger partial charge is 0.507 e. The van der Waals surface area contributed by atoms with E-state index < -0.39 is 0 Å². The summed E-state index contributed by atoms with van der Waals surface area (Å²) in [7, 11) is 3.12. The Morgan fingerprint density at radius 2 is 1.68 bits per heavy atom. The van der Waals surface area contributed by atoms with Crippen molar-refractivity contribution in [1.29, 1.82) is 0 Å². The molecule has 200 valence electrons. The topological polar surface area (TPSA) is 106 Å². The molecule has 38 heavy (non-hydrogen) atoms. The number of ether oxygens (including phenoxy) is 2. The van der Waals surface area contributed by atoms with E-state index in [4.69, 9.17) is 9.47 Å². The zero-order chi connectivity index (χ0) is 26.5. The summed E-state index contributed by atoms with van der Waals surface area (Å²) in [6, 6.07) is 8.16. The van der Waals surface area contributed by atoms with Crippen molar-refractivity contribution in [2.75, 3.05) is 19.1 Å². The molecule has 1 unspecified atom stereocenters. The van der Waals surface area contributed by atoms with Crippen LogP contribution in [0.15, 0.2) is 36.7 Å². The number of phenolic OH excluding ortho intramolecular Hbond substituents is 1. The molecular weight excluding hydrogens is 480 g/mol. The zero-order valence-corrected chi connectivity index (χ0v) is 22.6. The molecule has 4 heterocycles. The number of hydrogen-bond donors (Lipinski definition) is 2. The fourth-order valence-corrected chi connectivity index (χ4v) is 6.66. The smallest absolute Gasteiger partial charge is 0.256 e. The van der Waals surface area contributed by atoms with Gasteiger partial charge in [0.1, 0.15) is 5.75 Å². The molecule has 6 rings (SSSR count). The van der Waals surface area contributed by atoms with Crippen LogP contribution in [0.5, 0.6) is 17.4 Å². The molecule has 2 aromatic heterocycles. The van der Waals surface area contributed by atoms with Gasteiger partial charge in [-0.25, -0.2) is 9.97 Å². The number of piperidine rings is 2. The Balaban J connectivity index is 1.25. The number of aromatic hydroxyl groups is 1. The molecule has 2 saturated heterocycles. The van der Waals surface area contributed by atoms with Gasteiger partial charge in [0.2, 0.25) is 0 Å². The van der Waals surface area contributed by atoms with Gasteiger partial charge in [0.15, 0.2) is 17.4 Å². The summed E-state index contributed by atoms with van der Waals surface area (Å²) in [5.41, 5.74) is 2.47. The first kappa shape index (κ1) is 24.9. The molecule has 3 aliphatic rings. The van der Waals surface area contributed by atoms with E-state index in [-0.39, 0.29) is 16.8 Å². The van der Waals surface area contributed by atoms with Crippen molar-refractivity contribution in [1.82, 2.24) is 25.5 Å². The number of fused-ring (bicyclic) bond motifs is 2. The van der Waals surface area contributed by atoms with Gasteiger partial charge in [-0.05, 0) is 82.6 Å². The second-order valence-electron chi connectivity index (χ2n) is 11.6. The van der Waals surface area contributed by atoms with Crippen LogP contribution in [0, 0.1) is 0 Å². The maximum absolute atomic E-state index is 10.9. The van der Waals surface area contributed by atoms with Gasteiger partial charge in [0, 0.05) is 34.9 Å². The minimum atomic E-state index is 0.0814. The molecule has 2 N–H and O–H groups in total. The summed E-state index contributed by atoms with van der Waals surface area (Å²) in [6.07, 6.45) is 11.8. The van der Waals surface area contributed by atoms with Crippen LogP contribution in [-0.4, -0.2) is 62.7 Å². The number of aromatic nitrogens is 4. The molecule has 3 fully saturated rings.